The van der Waals surface area contributed by atoms with Crippen LogP contribution in [0.15, 0.2) is 0 Å². The van der Waals surface area contributed by atoms with Crippen molar-refractivity contribution in [1.82, 2.24) is 15.1 Å². The monoisotopic (exact) mass is 409 g/mol. The SMILES string of the molecule is CC1OCCCO1.CCOC(C)OCC.CN1CCN(C)CC1.CNCCO. The van der Waals surface area contributed by atoms with Gasteiger partial charge in [0.15, 0.2) is 12.6 Å². The maximum Gasteiger partial charge on any atom is 0.154 e. The summed E-state index contributed by atoms with van der Waals surface area (Å²) in [5.74, 6) is 0. The summed E-state index contributed by atoms with van der Waals surface area (Å²) in [6, 6.07) is 0. The van der Waals surface area contributed by atoms with E-state index in [1.54, 1.807) is 7.05 Å². The Morgan fingerprint density at radius 2 is 1.43 bits per heavy atom. The molecule has 28 heavy (non-hydrogen) atoms. The van der Waals surface area contributed by atoms with E-state index in [-0.39, 0.29) is 19.2 Å². The fourth-order valence-electron chi connectivity index (χ4n) is 2.14. The second kappa shape index (κ2) is 23.0. The Bertz CT molecular complexity index is 269. The predicted molar refractivity (Wildman–Crippen MR) is 115 cm³/mol. The van der Waals surface area contributed by atoms with Gasteiger partial charge in [0.1, 0.15) is 0 Å². The third-order valence-electron chi connectivity index (χ3n) is 3.89. The van der Waals surface area contributed by atoms with E-state index in [1.807, 2.05) is 27.7 Å². The van der Waals surface area contributed by atoms with Crippen molar-refractivity contribution in [3.63, 3.8) is 0 Å². The summed E-state index contributed by atoms with van der Waals surface area (Å²) in [5, 5.41) is 10.8. The molecule has 2 fully saturated rings. The molecule has 0 spiro atoms. The van der Waals surface area contributed by atoms with Gasteiger partial charge < -0.3 is 39.2 Å². The highest BCUT2D eigenvalue weighted by Crippen LogP contribution is 2.01. The Balaban J connectivity index is 0. The van der Waals surface area contributed by atoms with Gasteiger partial charge in [0.2, 0.25) is 0 Å². The molecule has 0 aromatic heterocycles. The molecule has 8 heteroatoms. The summed E-state index contributed by atoms with van der Waals surface area (Å²) in [6.45, 7) is 16.7. The standard InChI is InChI=1S/C6H14N2.C6H14O2.C5H10O2.C3H9NO/c1-7-3-5-8(2)6-4-7;1-4-7-6(3)8-5-2;1-5-6-3-2-4-7-5;1-4-2-3-5/h3-6H2,1-2H3;6H,4-5H2,1-3H3;5H,2-4H2,1H3;4-5H,2-3H2,1H3. The molecule has 0 bridgehead atoms. The third-order valence-corrected chi connectivity index (χ3v) is 3.89. The first-order valence-corrected chi connectivity index (χ1v) is 10.5. The van der Waals surface area contributed by atoms with Crippen LogP contribution in [0.3, 0.4) is 0 Å². The highest BCUT2D eigenvalue weighted by molar-refractivity contribution is 4.64. The summed E-state index contributed by atoms with van der Waals surface area (Å²) in [7, 11) is 6.15. The second-order valence-electron chi connectivity index (χ2n) is 6.57. The molecular formula is C20H47N3O5. The lowest BCUT2D eigenvalue weighted by Gasteiger charge is -2.28. The quantitative estimate of drug-likeness (QED) is 0.635. The summed E-state index contributed by atoms with van der Waals surface area (Å²) >= 11 is 0. The predicted octanol–water partition coefficient (Wildman–Crippen LogP) is 1.24. The molecule has 0 atom stereocenters. The Morgan fingerprint density at radius 1 is 1.00 bits per heavy atom. The average molecular weight is 410 g/mol. The van der Waals surface area contributed by atoms with Gasteiger partial charge in [-0.25, -0.2) is 0 Å². The summed E-state index contributed by atoms with van der Waals surface area (Å²) in [4.78, 5) is 4.72. The molecule has 2 heterocycles. The van der Waals surface area contributed by atoms with Gasteiger partial charge in [-0.15, -0.1) is 0 Å². The zero-order chi connectivity index (χ0) is 21.6. The van der Waals surface area contributed by atoms with Crippen LogP contribution < -0.4 is 5.32 Å². The Hall–Kier alpha value is -0.320. The first-order chi connectivity index (χ1) is 13.4. The number of ether oxygens (including phenoxy) is 4. The molecule has 0 saturated carbocycles. The number of aliphatic hydroxyl groups excluding tert-OH is 1. The van der Waals surface area contributed by atoms with E-state index >= 15 is 0 Å². The number of rotatable bonds is 6. The molecule has 2 N–H and O–H groups in total. The molecule has 2 saturated heterocycles. The van der Waals surface area contributed by atoms with Gasteiger partial charge in [0.25, 0.3) is 0 Å². The van der Waals surface area contributed by atoms with Crippen LogP contribution in [0.5, 0.6) is 0 Å². The largest absolute Gasteiger partial charge is 0.395 e. The van der Waals surface area contributed by atoms with Gasteiger partial charge >= 0.3 is 0 Å². The molecule has 2 aliphatic rings. The third kappa shape index (κ3) is 23.7. The van der Waals surface area contributed by atoms with Crippen molar-refractivity contribution in [3.05, 3.63) is 0 Å². The van der Waals surface area contributed by atoms with E-state index in [0.717, 1.165) is 32.8 Å². The van der Waals surface area contributed by atoms with Gasteiger partial charge in [0, 0.05) is 45.9 Å². The highest BCUT2D eigenvalue weighted by Gasteiger charge is 2.08. The maximum absolute atomic E-state index is 8.00. The zero-order valence-corrected chi connectivity index (χ0v) is 19.4. The lowest BCUT2D eigenvalue weighted by Crippen LogP contribution is -2.42. The fourth-order valence-corrected chi connectivity index (χ4v) is 2.14. The van der Waals surface area contributed by atoms with Crippen LogP contribution in [0.25, 0.3) is 0 Å². The normalized spacial score (nSPS) is 18.3. The topological polar surface area (TPSA) is 75.7 Å². The zero-order valence-electron chi connectivity index (χ0n) is 19.4. The van der Waals surface area contributed by atoms with E-state index in [1.165, 1.54) is 26.2 Å². The smallest absolute Gasteiger partial charge is 0.154 e. The number of likely N-dealkylation sites (N-methyl/N-ethyl adjacent to an activating group) is 3. The van der Waals surface area contributed by atoms with Crippen molar-refractivity contribution >= 4 is 0 Å². The van der Waals surface area contributed by atoms with Crippen molar-refractivity contribution in [2.45, 2.75) is 46.7 Å². The highest BCUT2D eigenvalue weighted by atomic mass is 16.7. The van der Waals surface area contributed by atoms with E-state index < -0.39 is 0 Å². The molecule has 8 nitrogen and oxygen atoms in total. The van der Waals surface area contributed by atoms with Crippen LogP contribution in [-0.2, 0) is 18.9 Å². The number of nitrogens with one attached hydrogen (secondary N) is 1. The lowest BCUT2D eigenvalue weighted by molar-refractivity contribution is -0.167. The van der Waals surface area contributed by atoms with Crippen LogP contribution in [0.2, 0.25) is 0 Å². The van der Waals surface area contributed by atoms with Crippen LogP contribution >= 0.6 is 0 Å². The minimum atomic E-state index is -0.0370. The maximum atomic E-state index is 8.00. The van der Waals surface area contributed by atoms with Crippen molar-refractivity contribution in [3.8, 4) is 0 Å². The number of nitrogens with zero attached hydrogens (tertiary/aromatic N) is 2. The van der Waals surface area contributed by atoms with E-state index in [2.05, 4.69) is 29.2 Å². The second-order valence-corrected chi connectivity index (χ2v) is 6.57. The summed E-state index contributed by atoms with van der Waals surface area (Å²) in [5.41, 5.74) is 0. The average Bonchev–Trinajstić information content (AvgIpc) is 2.67. The van der Waals surface area contributed by atoms with Crippen LogP contribution in [-0.4, -0.2) is 114 Å². The van der Waals surface area contributed by atoms with Gasteiger partial charge in [-0.1, -0.05) is 0 Å². The molecule has 172 valence electrons. The molecule has 2 aliphatic heterocycles. The molecule has 0 aromatic rings. The van der Waals surface area contributed by atoms with Crippen LogP contribution in [0.1, 0.15) is 34.1 Å². The molecule has 0 aromatic carbocycles. The Morgan fingerprint density at radius 3 is 1.64 bits per heavy atom. The molecule has 0 aliphatic carbocycles. The Kier molecular flexibility index (Phi) is 24.5. The molecule has 0 radical (unpaired) electrons. The van der Waals surface area contributed by atoms with Gasteiger partial charge in [-0.3, -0.25) is 0 Å². The van der Waals surface area contributed by atoms with Gasteiger partial charge in [-0.2, -0.15) is 0 Å². The van der Waals surface area contributed by atoms with Gasteiger partial charge in [0.05, 0.1) is 19.8 Å². The summed E-state index contributed by atoms with van der Waals surface area (Å²) < 4.78 is 20.2. The first-order valence-electron chi connectivity index (χ1n) is 10.5. The van der Waals surface area contributed by atoms with Crippen molar-refractivity contribution in [2.24, 2.45) is 0 Å². The number of piperazine rings is 1. The van der Waals surface area contributed by atoms with Gasteiger partial charge in [-0.05, 0) is 55.3 Å². The summed E-state index contributed by atoms with van der Waals surface area (Å²) in [6.07, 6.45) is 1.04. The number of hydrogen-bond acceptors (Lipinski definition) is 8. The van der Waals surface area contributed by atoms with Crippen LogP contribution in [0.4, 0.5) is 0 Å². The van der Waals surface area contributed by atoms with E-state index in [4.69, 9.17) is 24.1 Å². The molecule has 0 unspecified atom stereocenters. The molecular weight excluding hydrogens is 362 g/mol. The minimum Gasteiger partial charge on any atom is -0.395 e. The van der Waals surface area contributed by atoms with Crippen molar-refractivity contribution in [2.75, 3.05) is 86.9 Å². The van der Waals surface area contributed by atoms with E-state index in [0.29, 0.717) is 6.54 Å². The van der Waals surface area contributed by atoms with E-state index in [9.17, 15) is 0 Å². The molecule has 2 rings (SSSR count). The Labute approximate surface area is 173 Å². The lowest BCUT2D eigenvalue weighted by atomic mass is 10.4. The number of hydrogen-bond donors (Lipinski definition) is 2. The van der Waals surface area contributed by atoms with Crippen molar-refractivity contribution in [1.29, 1.82) is 0 Å². The first kappa shape index (κ1) is 29.9. The molecule has 0 amide bonds. The van der Waals surface area contributed by atoms with Crippen LogP contribution in [0, 0.1) is 0 Å². The number of aliphatic hydroxyl groups is 1. The van der Waals surface area contributed by atoms with Crippen molar-refractivity contribution < 1.29 is 24.1 Å². The fraction of sp³-hybridized carbons (Fsp3) is 1.00. The minimum absolute atomic E-state index is 0.0359.